The van der Waals surface area contributed by atoms with Crippen molar-refractivity contribution in [3.05, 3.63) is 95.3 Å². The number of likely N-dealkylation sites (tertiary alicyclic amines) is 1. The monoisotopic (exact) mass is 555 g/mol. The van der Waals surface area contributed by atoms with Gasteiger partial charge in [0.2, 0.25) is 12.3 Å². The van der Waals surface area contributed by atoms with Gasteiger partial charge in [0.05, 0.1) is 0 Å². The summed E-state index contributed by atoms with van der Waals surface area (Å²) in [5, 5.41) is 5.93. The standard InChI is InChI=1S/C32H37N5O4/c1-2-7-29(31(39)35-22-38)37-20-25-16-26(11-12-27(25)32(37)40)41-30-21-36(19-24-10-6-14-33-17-24)15-13-28(30)34-18-23-8-4-3-5-9-23/h3-6,8-12,14,16-17,22,28-30,34H,2,7,13,15,18-21H2,1H3,(H,35,38,39). The summed E-state index contributed by atoms with van der Waals surface area (Å²) in [5.74, 6) is 0.0408. The largest absolute Gasteiger partial charge is 0.487 e. The number of hydrogen-bond acceptors (Lipinski definition) is 7. The van der Waals surface area contributed by atoms with Gasteiger partial charge >= 0.3 is 0 Å². The lowest BCUT2D eigenvalue weighted by molar-refractivity contribution is -0.129. The number of carbonyl (C=O) groups excluding carboxylic acids is 3. The minimum Gasteiger partial charge on any atom is -0.487 e. The second kappa shape index (κ2) is 13.5. The van der Waals surface area contributed by atoms with Crippen LogP contribution in [-0.4, -0.2) is 64.3 Å². The highest BCUT2D eigenvalue weighted by Crippen LogP contribution is 2.31. The van der Waals surface area contributed by atoms with Crippen LogP contribution in [0, 0.1) is 0 Å². The van der Waals surface area contributed by atoms with E-state index in [0.29, 0.717) is 37.1 Å². The van der Waals surface area contributed by atoms with Gasteiger partial charge in [-0.1, -0.05) is 49.7 Å². The quantitative estimate of drug-likeness (QED) is 0.331. The molecule has 41 heavy (non-hydrogen) atoms. The summed E-state index contributed by atoms with van der Waals surface area (Å²) in [5.41, 5.74) is 3.78. The lowest BCUT2D eigenvalue weighted by atomic mass is 10.00. The third kappa shape index (κ3) is 6.99. The van der Waals surface area contributed by atoms with Gasteiger partial charge < -0.3 is 15.0 Å². The average Bonchev–Trinajstić information content (AvgIpc) is 3.31. The minimum absolute atomic E-state index is 0.110. The molecule has 0 bridgehead atoms. The minimum atomic E-state index is -0.694. The number of hydrogen-bond donors (Lipinski definition) is 2. The maximum absolute atomic E-state index is 13.2. The maximum atomic E-state index is 13.2. The zero-order chi connectivity index (χ0) is 28.6. The van der Waals surface area contributed by atoms with Gasteiger partial charge in [-0.15, -0.1) is 0 Å². The van der Waals surface area contributed by atoms with E-state index in [2.05, 4.69) is 38.7 Å². The van der Waals surface area contributed by atoms with Gasteiger partial charge in [-0.05, 0) is 53.8 Å². The molecule has 9 heteroatoms. The molecule has 3 aromatic rings. The summed E-state index contributed by atoms with van der Waals surface area (Å²) in [6.45, 7) is 5.49. The molecule has 2 aliphatic heterocycles. The highest BCUT2D eigenvalue weighted by Gasteiger charge is 2.37. The van der Waals surface area contributed by atoms with Crippen LogP contribution in [0.1, 0.15) is 53.2 Å². The third-order valence-corrected chi connectivity index (χ3v) is 7.82. The summed E-state index contributed by atoms with van der Waals surface area (Å²) >= 11 is 0. The van der Waals surface area contributed by atoms with E-state index in [1.807, 2.05) is 49.5 Å². The molecule has 3 amide bonds. The fourth-order valence-electron chi connectivity index (χ4n) is 5.75. The number of fused-ring (bicyclic) bond motifs is 1. The first-order valence-corrected chi connectivity index (χ1v) is 14.3. The second-order valence-corrected chi connectivity index (χ2v) is 10.7. The van der Waals surface area contributed by atoms with E-state index in [9.17, 15) is 14.4 Å². The molecule has 0 radical (unpaired) electrons. The normalized spacial score (nSPS) is 19.4. The molecule has 5 rings (SSSR count). The van der Waals surface area contributed by atoms with Gasteiger partial charge in [0.25, 0.3) is 5.91 Å². The van der Waals surface area contributed by atoms with Gasteiger partial charge in [0.15, 0.2) is 0 Å². The van der Waals surface area contributed by atoms with E-state index in [4.69, 9.17) is 4.74 Å². The molecule has 2 N–H and O–H groups in total. The molecule has 2 aliphatic rings. The Morgan fingerprint density at radius 2 is 1.98 bits per heavy atom. The lowest BCUT2D eigenvalue weighted by Gasteiger charge is -2.39. The van der Waals surface area contributed by atoms with Crippen LogP contribution in [0.2, 0.25) is 0 Å². The fourth-order valence-corrected chi connectivity index (χ4v) is 5.75. The van der Waals surface area contributed by atoms with Gasteiger partial charge in [0.1, 0.15) is 17.9 Å². The van der Waals surface area contributed by atoms with Crippen molar-refractivity contribution in [2.75, 3.05) is 13.1 Å². The number of ether oxygens (including phenoxy) is 1. The van der Waals surface area contributed by atoms with E-state index in [-0.39, 0.29) is 18.1 Å². The van der Waals surface area contributed by atoms with E-state index in [0.717, 1.165) is 38.2 Å². The van der Waals surface area contributed by atoms with Crippen molar-refractivity contribution in [1.82, 2.24) is 25.4 Å². The number of nitrogens with zero attached hydrogens (tertiary/aromatic N) is 3. The molecular weight excluding hydrogens is 518 g/mol. The molecule has 3 unspecified atom stereocenters. The van der Waals surface area contributed by atoms with Gasteiger partial charge in [-0.25, -0.2) is 0 Å². The molecule has 1 fully saturated rings. The Morgan fingerprint density at radius 1 is 1.15 bits per heavy atom. The summed E-state index contributed by atoms with van der Waals surface area (Å²) in [6.07, 6.45) is 6.07. The Bertz CT molecular complexity index is 1340. The van der Waals surface area contributed by atoms with Crippen molar-refractivity contribution in [2.45, 2.75) is 64.0 Å². The van der Waals surface area contributed by atoms with Crippen molar-refractivity contribution >= 4 is 18.2 Å². The Labute approximate surface area is 240 Å². The molecule has 9 nitrogen and oxygen atoms in total. The Morgan fingerprint density at radius 3 is 2.73 bits per heavy atom. The molecule has 2 aromatic carbocycles. The third-order valence-electron chi connectivity index (χ3n) is 7.82. The topological polar surface area (TPSA) is 104 Å². The van der Waals surface area contributed by atoms with Crippen LogP contribution in [0.3, 0.4) is 0 Å². The number of nitrogens with one attached hydrogen (secondary N) is 2. The van der Waals surface area contributed by atoms with E-state index < -0.39 is 11.9 Å². The number of aromatic nitrogens is 1. The first kappa shape index (κ1) is 28.4. The summed E-state index contributed by atoms with van der Waals surface area (Å²) in [7, 11) is 0. The SMILES string of the molecule is CCCC(C(=O)NC=O)N1Cc2cc(OC3CN(Cc4cccnc4)CCC3NCc3ccccc3)ccc2C1=O. The van der Waals surface area contributed by atoms with Crippen LogP contribution in [0.25, 0.3) is 0 Å². The molecule has 0 aliphatic carbocycles. The van der Waals surface area contributed by atoms with Crippen molar-refractivity contribution in [1.29, 1.82) is 0 Å². The molecule has 0 saturated carbocycles. The highest BCUT2D eigenvalue weighted by atomic mass is 16.5. The van der Waals surface area contributed by atoms with Crippen LogP contribution < -0.4 is 15.4 Å². The van der Waals surface area contributed by atoms with Crippen LogP contribution in [0.5, 0.6) is 5.75 Å². The molecule has 3 heterocycles. The van der Waals surface area contributed by atoms with Crippen LogP contribution in [0.4, 0.5) is 0 Å². The number of rotatable bonds is 12. The molecule has 214 valence electrons. The number of benzene rings is 2. The summed E-state index contributed by atoms with van der Waals surface area (Å²) in [4.78, 5) is 44.8. The van der Waals surface area contributed by atoms with Crippen molar-refractivity contribution in [3.8, 4) is 5.75 Å². The van der Waals surface area contributed by atoms with Crippen LogP contribution >= 0.6 is 0 Å². The zero-order valence-electron chi connectivity index (χ0n) is 23.4. The van der Waals surface area contributed by atoms with Crippen LogP contribution in [-0.2, 0) is 29.2 Å². The predicted molar refractivity (Wildman–Crippen MR) is 155 cm³/mol. The Kier molecular flexibility index (Phi) is 9.38. The molecule has 0 spiro atoms. The lowest BCUT2D eigenvalue weighted by Crippen LogP contribution is -2.54. The maximum Gasteiger partial charge on any atom is 0.255 e. The highest BCUT2D eigenvalue weighted by molar-refractivity contribution is 6.02. The molecule has 1 aromatic heterocycles. The number of amides is 3. The molecular formula is C32H37N5O4. The smallest absolute Gasteiger partial charge is 0.255 e. The number of carbonyl (C=O) groups is 3. The van der Waals surface area contributed by atoms with Crippen LogP contribution in [0.15, 0.2) is 73.1 Å². The molecule has 1 saturated heterocycles. The van der Waals surface area contributed by atoms with Crippen molar-refractivity contribution in [2.24, 2.45) is 0 Å². The van der Waals surface area contributed by atoms with Crippen molar-refractivity contribution in [3.63, 3.8) is 0 Å². The summed E-state index contributed by atoms with van der Waals surface area (Å²) in [6, 6.07) is 19.4. The summed E-state index contributed by atoms with van der Waals surface area (Å²) < 4.78 is 6.64. The Balaban J connectivity index is 1.31. The van der Waals surface area contributed by atoms with Gasteiger partial charge in [0, 0.05) is 56.7 Å². The second-order valence-electron chi connectivity index (χ2n) is 10.7. The Hall–Kier alpha value is -4.08. The molecule has 3 atom stereocenters. The number of imide groups is 1. The van der Waals surface area contributed by atoms with Gasteiger partial charge in [-0.3, -0.25) is 29.6 Å². The van der Waals surface area contributed by atoms with Crippen molar-refractivity contribution < 1.29 is 19.1 Å². The van der Waals surface area contributed by atoms with E-state index >= 15 is 0 Å². The first-order chi connectivity index (χ1) is 20.1. The van der Waals surface area contributed by atoms with E-state index in [1.54, 1.807) is 17.2 Å². The predicted octanol–water partition coefficient (Wildman–Crippen LogP) is 3.29. The number of piperidine rings is 1. The first-order valence-electron chi connectivity index (χ1n) is 14.3. The van der Waals surface area contributed by atoms with Gasteiger partial charge in [-0.2, -0.15) is 0 Å². The fraction of sp³-hybridized carbons (Fsp3) is 0.375. The number of pyridine rings is 1. The van der Waals surface area contributed by atoms with E-state index in [1.165, 1.54) is 11.1 Å². The average molecular weight is 556 g/mol. The zero-order valence-corrected chi connectivity index (χ0v) is 23.4.